The van der Waals surface area contributed by atoms with Gasteiger partial charge in [-0.25, -0.2) is 18.1 Å². The number of rotatable bonds is 6. The van der Waals surface area contributed by atoms with Crippen molar-refractivity contribution in [2.75, 3.05) is 29.6 Å². The monoisotopic (exact) mass is 498 g/mol. The first kappa shape index (κ1) is 24.6. The molecule has 0 radical (unpaired) electrons. The Balaban J connectivity index is 1.47. The van der Waals surface area contributed by atoms with Crippen LogP contribution < -0.4 is 4.90 Å². The normalized spacial score (nSPS) is 18.5. The van der Waals surface area contributed by atoms with Crippen molar-refractivity contribution in [1.29, 1.82) is 0 Å². The molecule has 10 heteroatoms. The van der Waals surface area contributed by atoms with Gasteiger partial charge in [0.25, 0.3) is 17.7 Å². The highest BCUT2D eigenvalue weighted by atomic mass is 32.2. The predicted octanol–water partition coefficient (Wildman–Crippen LogP) is 2.30. The number of likely N-dealkylation sites (N-methyl/N-ethyl adjacent to an activating group) is 1. The van der Waals surface area contributed by atoms with E-state index in [9.17, 15) is 27.6 Å². The van der Waals surface area contributed by atoms with E-state index < -0.39 is 46.2 Å². The lowest BCUT2D eigenvalue weighted by molar-refractivity contribution is -0.136. The maximum absolute atomic E-state index is 13.1. The van der Waals surface area contributed by atoms with Crippen LogP contribution in [0.1, 0.15) is 55.5 Å². The minimum absolute atomic E-state index is 0.0300. The molecule has 0 bridgehead atoms. The number of hydrogen-bond donors (Lipinski definition) is 0. The van der Waals surface area contributed by atoms with E-state index in [1.54, 1.807) is 19.9 Å². The van der Waals surface area contributed by atoms with E-state index in [2.05, 4.69) is 0 Å². The van der Waals surface area contributed by atoms with Gasteiger partial charge in [0.2, 0.25) is 0 Å². The molecule has 1 saturated heterocycles. The van der Waals surface area contributed by atoms with E-state index in [-0.39, 0.29) is 28.2 Å². The van der Waals surface area contributed by atoms with E-state index in [1.165, 1.54) is 23.1 Å². The number of aryl methyl sites for hydroxylation is 2. The third-order valence-corrected chi connectivity index (χ3v) is 8.12. The summed E-state index contributed by atoms with van der Waals surface area (Å²) in [7, 11) is -3.17. The first-order chi connectivity index (χ1) is 16.5. The highest BCUT2D eigenvalue weighted by molar-refractivity contribution is 7.91. The number of anilines is 1. The van der Waals surface area contributed by atoms with E-state index in [0.717, 1.165) is 16.0 Å². The zero-order valence-electron chi connectivity index (χ0n) is 19.7. The van der Waals surface area contributed by atoms with Crippen molar-refractivity contribution in [2.24, 2.45) is 0 Å². The van der Waals surface area contributed by atoms with E-state index in [1.807, 2.05) is 19.1 Å². The predicted molar refractivity (Wildman–Crippen MR) is 128 cm³/mol. The number of ether oxygens (including phenoxy) is 1. The standard InChI is InChI=1S/C25H26N2O7S/c1-4-26(18-9-10-35(32,33)14-18)22(28)13-34-25(31)17-7-8-19-20(12-17)24(30)27(23(19)29)21-11-15(2)5-6-16(21)3/h5-8,11-12,18H,4,9-10,13-14H2,1-3H3/t18-/m0/s1. The quantitative estimate of drug-likeness (QED) is 0.443. The highest BCUT2D eigenvalue weighted by Gasteiger charge is 2.38. The zero-order valence-corrected chi connectivity index (χ0v) is 20.6. The van der Waals surface area contributed by atoms with Crippen LogP contribution in [0, 0.1) is 13.8 Å². The van der Waals surface area contributed by atoms with Gasteiger partial charge in [-0.1, -0.05) is 12.1 Å². The Morgan fingerprint density at radius 1 is 1.06 bits per heavy atom. The topological polar surface area (TPSA) is 118 Å². The molecule has 2 aromatic carbocycles. The van der Waals surface area contributed by atoms with Crippen LogP contribution in [0.3, 0.4) is 0 Å². The Morgan fingerprint density at radius 3 is 2.43 bits per heavy atom. The molecule has 35 heavy (non-hydrogen) atoms. The van der Waals surface area contributed by atoms with Crippen LogP contribution >= 0.6 is 0 Å². The lowest BCUT2D eigenvalue weighted by Crippen LogP contribution is -2.43. The van der Waals surface area contributed by atoms with Crippen molar-refractivity contribution >= 4 is 39.2 Å². The summed E-state index contributed by atoms with van der Waals surface area (Å²) in [5.41, 5.74) is 2.45. The second-order valence-corrected chi connectivity index (χ2v) is 11.0. The Hall–Kier alpha value is -3.53. The van der Waals surface area contributed by atoms with E-state index >= 15 is 0 Å². The van der Waals surface area contributed by atoms with E-state index in [0.29, 0.717) is 18.7 Å². The zero-order chi connectivity index (χ0) is 25.5. The number of nitrogens with zero attached hydrogens (tertiary/aromatic N) is 2. The molecule has 2 aliphatic heterocycles. The van der Waals surface area contributed by atoms with Gasteiger partial charge >= 0.3 is 5.97 Å². The molecule has 0 unspecified atom stereocenters. The molecule has 2 aliphatic rings. The molecule has 1 fully saturated rings. The summed E-state index contributed by atoms with van der Waals surface area (Å²) in [6, 6.07) is 9.12. The van der Waals surface area contributed by atoms with Crippen molar-refractivity contribution in [1.82, 2.24) is 4.90 Å². The van der Waals surface area contributed by atoms with Gasteiger partial charge < -0.3 is 9.64 Å². The molecule has 1 atom stereocenters. The Morgan fingerprint density at radius 2 is 1.77 bits per heavy atom. The number of fused-ring (bicyclic) bond motifs is 1. The summed E-state index contributed by atoms with van der Waals surface area (Å²) in [5.74, 6) is -2.39. The lowest BCUT2D eigenvalue weighted by Gasteiger charge is -2.26. The average molecular weight is 499 g/mol. The van der Waals surface area contributed by atoms with E-state index in [4.69, 9.17) is 4.74 Å². The highest BCUT2D eigenvalue weighted by Crippen LogP contribution is 2.32. The van der Waals surface area contributed by atoms with Crippen molar-refractivity contribution in [2.45, 2.75) is 33.2 Å². The Bertz CT molecular complexity index is 1350. The number of esters is 1. The van der Waals surface area contributed by atoms with Gasteiger partial charge in [-0.05, 0) is 62.6 Å². The first-order valence-electron chi connectivity index (χ1n) is 11.3. The molecule has 9 nitrogen and oxygen atoms in total. The number of amides is 3. The maximum Gasteiger partial charge on any atom is 0.338 e. The van der Waals surface area contributed by atoms with Gasteiger partial charge in [-0.3, -0.25) is 14.4 Å². The van der Waals surface area contributed by atoms with Crippen LogP contribution in [0.4, 0.5) is 5.69 Å². The fourth-order valence-corrected chi connectivity index (χ4v) is 6.23. The van der Waals surface area contributed by atoms with Gasteiger partial charge in [-0.2, -0.15) is 0 Å². The second kappa shape index (κ2) is 9.26. The number of sulfone groups is 1. The smallest absolute Gasteiger partial charge is 0.338 e. The summed E-state index contributed by atoms with van der Waals surface area (Å²) >= 11 is 0. The largest absolute Gasteiger partial charge is 0.452 e. The van der Waals surface area contributed by atoms with Gasteiger partial charge in [0.1, 0.15) is 0 Å². The Kier molecular flexibility index (Phi) is 6.50. The van der Waals surface area contributed by atoms with Crippen molar-refractivity contribution in [3.8, 4) is 0 Å². The molecule has 2 aromatic rings. The number of hydrogen-bond acceptors (Lipinski definition) is 7. The van der Waals surface area contributed by atoms with Crippen molar-refractivity contribution < 1.29 is 32.3 Å². The third kappa shape index (κ3) is 4.70. The SMILES string of the molecule is CCN(C(=O)COC(=O)c1ccc2c(c1)C(=O)N(c1cc(C)ccc1C)C2=O)[C@H]1CCS(=O)(=O)C1. The second-order valence-electron chi connectivity index (χ2n) is 8.81. The minimum Gasteiger partial charge on any atom is -0.452 e. The number of carbonyl (C=O) groups excluding carboxylic acids is 4. The molecule has 184 valence electrons. The molecule has 0 saturated carbocycles. The van der Waals surface area contributed by atoms with Crippen LogP contribution in [-0.2, 0) is 19.4 Å². The number of imide groups is 1. The molecule has 0 spiro atoms. The molecular formula is C25H26N2O7S. The molecule has 0 N–H and O–H groups in total. The van der Waals surface area contributed by atoms with Gasteiger partial charge in [-0.15, -0.1) is 0 Å². The molecule has 0 aromatic heterocycles. The number of benzene rings is 2. The summed E-state index contributed by atoms with van der Waals surface area (Å²) < 4.78 is 28.7. The fraction of sp³-hybridized carbons (Fsp3) is 0.360. The molecule has 3 amide bonds. The summed E-state index contributed by atoms with van der Waals surface area (Å²) in [6.45, 7) is 5.14. The minimum atomic E-state index is -3.17. The molecular weight excluding hydrogens is 472 g/mol. The molecule has 4 rings (SSSR count). The summed E-state index contributed by atoms with van der Waals surface area (Å²) in [4.78, 5) is 53.8. The third-order valence-electron chi connectivity index (χ3n) is 6.36. The lowest BCUT2D eigenvalue weighted by atomic mass is 10.1. The van der Waals surface area contributed by atoms with Crippen LogP contribution in [0.2, 0.25) is 0 Å². The van der Waals surface area contributed by atoms with Crippen molar-refractivity contribution in [3.05, 3.63) is 64.2 Å². The summed E-state index contributed by atoms with van der Waals surface area (Å²) in [5, 5.41) is 0. The fourth-order valence-electron chi connectivity index (χ4n) is 4.50. The maximum atomic E-state index is 13.1. The number of carbonyl (C=O) groups is 4. The molecule has 2 heterocycles. The van der Waals surface area contributed by atoms with Gasteiger partial charge in [0.15, 0.2) is 16.4 Å². The van der Waals surface area contributed by atoms with Crippen LogP contribution in [0.5, 0.6) is 0 Å². The van der Waals surface area contributed by atoms with Crippen LogP contribution in [0.15, 0.2) is 36.4 Å². The van der Waals surface area contributed by atoms with Crippen molar-refractivity contribution in [3.63, 3.8) is 0 Å². The van der Waals surface area contributed by atoms with Gasteiger partial charge in [0.05, 0.1) is 33.9 Å². The van der Waals surface area contributed by atoms with Crippen LogP contribution in [-0.4, -0.2) is 67.7 Å². The first-order valence-corrected chi connectivity index (χ1v) is 13.1. The average Bonchev–Trinajstić information content (AvgIpc) is 3.30. The molecule has 0 aliphatic carbocycles. The van der Waals surface area contributed by atoms with Gasteiger partial charge in [0, 0.05) is 12.6 Å². The Labute approximate surface area is 203 Å². The van der Waals surface area contributed by atoms with Crippen LogP contribution in [0.25, 0.3) is 0 Å². The summed E-state index contributed by atoms with van der Waals surface area (Å²) in [6.07, 6.45) is 0.355.